The summed E-state index contributed by atoms with van der Waals surface area (Å²) in [7, 11) is 0. The molecule has 102 valence electrons. The SMILES string of the molecule is CCC1(C(=O)O)CCCN1C(=O)c1cccc(F)c1. The average molecular weight is 265 g/mol. The summed E-state index contributed by atoms with van der Waals surface area (Å²) in [5.41, 5.74) is -0.954. The predicted molar refractivity (Wildman–Crippen MR) is 67.3 cm³/mol. The van der Waals surface area contributed by atoms with Crippen molar-refractivity contribution in [3.63, 3.8) is 0 Å². The molecule has 5 heteroatoms. The Kier molecular flexibility index (Phi) is 3.55. The molecule has 1 atom stereocenters. The summed E-state index contributed by atoms with van der Waals surface area (Å²) in [6.07, 6.45) is 1.45. The van der Waals surface area contributed by atoms with E-state index in [9.17, 15) is 19.1 Å². The van der Waals surface area contributed by atoms with E-state index in [1.165, 1.54) is 23.1 Å². The summed E-state index contributed by atoms with van der Waals surface area (Å²) < 4.78 is 13.2. The number of halogens is 1. The van der Waals surface area contributed by atoms with E-state index in [-0.39, 0.29) is 5.56 Å². The highest BCUT2D eigenvalue weighted by Crippen LogP contribution is 2.34. The van der Waals surface area contributed by atoms with Gasteiger partial charge >= 0.3 is 5.97 Å². The van der Waals surface area contributed by atoms with Crippen LogP contribution >= 0.6 is 0 Å². The summed E-state index contributed by atoms with van der Waals surface area (Å²) in [4.78, 5) is 25.2. The predicted octanol–water partition coefficient (Wildman–Crippen LogP) is 2.30. The van der Waals surface area contributed by atoms with Gasteiger partial charge in [0, 0.05) is 12.1 Å². The number of benzene rings is 1. The molecule has 19 heavy (non-hydrogen) atoms. The third-order valence-electron chi connectivity index (χ3n) is 3.79. The van der Waals surface area contributed by atoms with Crippen LogP contribution in [-0.4, -0.2) is 34.0 Å². The van der Waals surface area contributed by atoms with E-state index >= 15 is 0 Å². The molecule has 0 radical (unpaired) electrons. The van der Waals surface area contributed by atoms with Crippen molar-refractivity contribution in [2.24, 2.45) is 0 Å². The summed E-state index contributed by atoms with van der Waals surface area (Å²) >= 11 is 0. The van der Waals surface area contributed by atoms with Crippen LogP contribution in [0, 0.1) is 5.82 Å². The molecule has 1 aromatic rings. The number of carboxylic acid groups (broad SMARTS) is 1. The number of hydrogen-bond donors (Lipinski definition) is 1. The number of carbonyl (C=O) groups excluding carboxylic acids is 1. The van der Waals surface area contributed by atoms with Gasteiger partial charge in [0.25, 0.3) is 5.91 Å². The van der Waals surface area contributed by atoms with Crippen LogP contribution in [0.4, 0.5) is 4.39 Å². The Balaban J connectivity index is 2.35. The lowest BCUT2D eigenvalue weighted by Gasteiger charge is -2.33. The molecule has 0 saturated carbocycles. The van der Waals surface area contributed by atoms with E-state index in [4.69, 9.17) is 0 Å². The summed E-state index contributed by atoms with van der Waals surface area (Å²) in [5.74, 6) is -1.90. The molecule has 0 aliphatic carbocycles. The number of amides is 1. The van der Waals surface area contributed by atoms with Gasteiger partial charge in [0.15, 0.2) is 0 Å². The van der Waals surface area contributed by atoms with Gasteiger partial charge in [-0.3, -0.25) is 4.79 Å². The first-order valence-corrected chi connectivity index (χ1v) is 6.32. The number of rotatable bonds is 3. The summed E-state index contributed by atoms with van der Waals surface area (Å²) in [6.45, 7) is 2.15. The standard InChI is InChI=1S/C14H16FNO3/c1-2-14(13(18)19)7-4-8-16(14)12(17)10-5-3-6-11(15)9-10/h3,5-6,9H,2,4,7-8H2,1H3,(H,18,19). The second-order valence-electron chi connectivity index (χ2n) is 4.76. The van der Waals surface area contributed by atoms with Crippen LogP contribution < -0.4 is 0 Å². The second-order valence-corrected chi connectivity index (χ2v) is 4.76. The Morgan fingerprint density at radius 3 is 2.79 bits per heavy atom. The van der Waals surface area contributed by atoms with Gasteiger partial charge in [-0.1, -0.05) is 13.0 Å². The highest BCUT2D eigenvalue weighted by atomic mass is 19.1. The molecule has 0 aromatic heterocycles. The third-order valence-corrected chi connectivity index (χ3v) is 3.79. The van der Waals surface area contributed by atoms with Gasteiger partial charge in [-0.25, -0.2) is 9.18 Å². The van der Waals surface area contributed by atoms with Crippen LogP contribution in [0.15, 0.2) is 24.3 Å². The summed E-state index contributed by atoms with van der Waals surface area (Å²) in [6, 6.07) is 5.35. The Labute approximate surface area is 110 Å². The average Bonchev–Trinajstić information content (AvgIpc) is 2.82. The monoisotopic (exact) mass is 265 g/mol. The Morgan fingerprint density at radius 1 is 1.47 bits per heavy atom. The molecule has 1 amide bonds. The van der Waals surface area contributed by atoms with E-state index in [0.29, 0.717) is 25.8 Å². The molecule has 1 N–H and O–H groups in total. The number of aliphatic carboxylic acids is 1. The number of carboxylic acids is 1. The number of nitrogens with zero attached hydrogens (tertiary/aromatic N) is 1. The maximum Gasteiger partial charge on any atom is 0.329 e. The summed E-state index contributed by atoms with van der Waals surface area (Å²) in [5, 5.41) is 9.42. The highest BCUT2D eigenvalue weighted by molar-refractivity contribution is 5.98. The van der Waals surface area contributed by atoms with Crippen molar-refractivity contribution in [2.45, 2.75) is 31.7 Å². The second kappa shape index (κ2) is 4.99. The van der Waals surface area contributed by atoms with Gasteiger partial charge in [-0.2, -0.15) is 0 Å². The molecule has 1 aliphatic rings. The van der Waals surface area contributed by atoms with Gasteiger partial charge < -0.3 is 10.0 Å². The molecule has 0 bridgehead atoms. The van der Waals surface area contributed by atoms with Crippen LogP contribution in [0.1, 0.15) is 36.5 Å². The van der Waals surface area contributed by atoms with Crippen molar-refractivity contribution in [3.8, 4) is 0 Å². The fourth-order valence-electron chi connectivity index (χ4n) is 2.69. The molecular weight excluding hydrogens is 249 g/mol. The van der Waals surface area contributed by atoms with Crippen LogP contribution in [0.3, 0.4) is 0 Å². The third kappa shape index (κ3) is 2.20. The molecular formula is C14H16FNO3. The lowest BCUT2D eigenvalue weighted by Crippen LogP contribution is -2.52. The minimum atomic E-state index is -1.15. The molecule has 1 aromatic carbocycles. The first-order chi connectivity index (χ1) is 9.01. The minimum absolute atomic E-state index is 0.195. The Hall–Kier alpha value is -1.91. The maximum absolute atomic E-state index is 13.2. The molecule has 0 spiro atoms. The highest BCUT2D eigenvalue weighted by Gasteiger charge is 2.48. The van der Waals surface area contributed by atoms with E-state index in [1.54, 1.807) is 6.92 Å². The van der Waals surface area contributed by atoms with Crippen LogP contribution in [0.2, 0.25) is 0 Å². The lowest BCUT2D eigenvalue weighted by atomic mass is 9.92. The fourth-order valence-corrected chi connectivity index (χ4v) is 2.69. The maximum atomic E-state index is 13.2. The number of hydrogen-bond acceptors (Lipinski definition) is 2. The quantitative estimate of drug-likeness (QED) is 0.912. The minimum Gasteiger partial charge on any atom is -0.479 e. The smallest absolute Gasteiger partial charge is 0.329 e. The molecule has 1 saturated heterocycles. The van der Waals surface area contributed by atoms with Crippen LogP contribution in [0.25, 0.3) is 0 Å². The molecule has 1 aliphatic heterocycles. The molecule has 1 heterocycles. The Morgan fingerprint density at radius 2 is 2.21 bits per heavy atom. The molecule has 4 nitrogen and oxygen atoms in total. The van der Waals surface area contributed by atoms with Crippen LogP contribution in [0.5, 0.6) is 0 Å². The van der Waals surface area contributed by atoms with Crippen molar-refractivity contribution in [1.82, 2.24) is 4.90 Å². The number of carbonyl (C=O) groups is 2. The lowest BCUT2D eigenvalue weighted by molar-refractivity contribution is -0.148. The van der Waals surface area contributed by atoms with Crippen molar-refractivity contribution in [3.05, 3.63) is 35.6 Å². The first-order valence-electron chi connectivity index (χ1n) is 6.32. The van der Waals surface area contributed by atoms with Gasteiger partial charge in [-0.05, 0) is 37.5 Å². The van der Waals surface area contributed by atoms with E-state index in [0.717, 1.165) is 6.07 Å². The van der Waals surface area contributed by atoms with Crippen molar-refractivity contribution >= 4 is 11.9 Å². The molecule has 1 fully saturated rings. The van der Waals surface area contributed by atoms with E-state index in [2.05, 4.69) is 0 Å². The van der Waals surface area contributed by atoms with E-state index in [1.807, 2.05) is 0 Å². The van der Waals surface area contributed by atoms with Crippen molar-refractivity contribution < 1.29 is 19.1 Å². The zero-order chi connectivity index (χ0) is 14.0. The van der Waals surface area contributed by atoms with Gasteiger partial charge in [0.05, 0.1) is 0 Å². The van der Waals surface area contributed by atoms with Gasteiger partial charge in [0.2, 0.25) is 0 Å². The largest absolute Gasteiger partial charge is 0.479 e. The fraction of sp³-hybridized carbons (Fsp3) is 0.429. The van der Waals surface area contributed by atoms with E-state index < -0.39 is 23.2 Å². The normalized spacial score (nSPS) is 22.5. The van der Waals surface area contributed by atoms with Crippen molar-refractivity contribution in [1.29, 1.82) is 0 Å². The molecule has 2 rings (SSSR count). The zero-order valence-corrected chi connectivity index (χ0v) is 10.7. The Bertz CT molecular complexity index is 517. The molecule has 1 unspecified atom stereocenters. The van der Waals surface area contributed by atoms with Crippen LogP contribution in [-0.2, 0) is 4.79 Å². The zero-order valence-electron chi connectivity index (χ0n) is 10.7. The number of likely N-dealkylation sites (tertiary alicyclic amines) is 1. The topological polar surface area (TPSA) is 57.6 Å². The first kappa shape index (κ1) is 13.5. The van der Waals surface area contributed by atoms with Gasteiger partial charge in [-0.15, -0.1) is 0 Å². The van der Waals surface area contributed by atoms with Crippen molar-refractivity contribution in [2.75, 3.05) is 6.54 Å². The van der Waals surface area contributed by atoms with Gasteiger partial charge in [0.1, 0.15) is 11.4 Å².